The number of thiocarbonyl (C=S) groups is 1. The molecular weight excluding hydrogens is 236 g/mol. The van der Waals surface area contributed by atoms with Crippen molar-refractivity contribution < 1.29 is 4.74 Å². The Kier molecular flexibility index (Phi) is 3.54. The number of rotatable bonds is 3. The Bertz CT molecular complexity index is 418. The van der Waals surface area contributed by atoms with Gasteiger partial charge in [0.25, 0.3) is 0 Å². The molecule has 1 aliphatic rings. The molecule has 1 unspecified atom stereocenters. The van der Waals surface area contributed by atoms with Crippen molar-refractivity contribution >= 4 is 23.0 Å². The molecule has 0 saturated carbocycles. The van der Waals surface area contributed by atoms with Crippen LogP contribution in [0.3, 0.4) is 0 Å². The number of nitrogens with zero attached hydrogens (tertiary/aromatic N) is 2. The first-order chi connectivity index (χ1) is 8.11. The van der Waals surface area contributed by atoms with Gasteiger partial charge < -0.3 is 15.8 Å². The Morgan fingerprint density at radius 2 is 2.29 bits per heavy atom. The van der Waals surface area contributed by atoms with Gasteiger partial charge in [-0.25, -0.2) is 9.97 Å². The summed E-state index contributed by atoms with van der Waals surface area (Å²) in [7, 11) is 0. The minimum Gasteiger partial charge on any atom is -0.388 e. The largest absolute Gasteiger partial charge is 0.388 e. The Morgan fingerprint density at radius 3 is 2.94 bits per heavy atom. The van der Waals surface area contributed by atoms with Crippen molar-refractivity contribution in [3.05, 3.63) is 18.1 Å². The second-order valence-corrected chi connectivity index (χ2v) is 4.90. The molecule has 1 atom stereocenters. The summed E-state index contributed by atoms with van der Waals surface area (Å²) in [4.78, 5) is 8.64. The van der Waals surface area contributed by atoms with Crippen LogP contribution in [0.1, 0.15) is 25.5 Å². The molecule has 17 heavy (non-hydrogen) atoms. The number of hydrogen-bond acceptors (Lipinski definition) is 5. The van der Waals surface area contributed by atoms with Gasteiger partial charge in [0, 0.05) is 19.0 Å². The molecule has 5 nitrogen and oxygen atoms in total. The molecule has 1 aliphatic heterocycles. The van der Waals surface area contributed by atoms with E-state index in [0.717, 1.165) is 19.4 Å². The van der Waals surface area contributed by atoms with Crippen molar-refractivity contribution in [1.82, 2.24) is 9.97 Å². The lowest BCUT2D eigenvalue weighted by molar-refractivity contribution is 0.0539. The zero-order valence-corrected chi connectivity index (χ0v) is 10.6. The van der Waals surface area contributed by atoms with E-state index >= 15 is 0 Å². The van der Waals surface area contributed by atoms with Crippen molar-refractivity contribution in [3.8, 4) is 0 Å². The third kappa shape index (κ3) is 2.89. The summed E-state index contributed by atoms with van der Waals surface area (Å²) in [5.41, 5.74) is 6.03. The molecule has 0 amide bonds. The fraction of sp³-hybridized carbons (Fsp3) is 0.545. The highest BCUT2D eigenvalue weighted by molar-refractivity contribution is 7.80. The van der Waals surface area contributed by atoms with Gasteiger partial charge in [0.05, 0.1) is 12.1 Å². The van der Waals surface area contributed by atoms with Gasteiger partial charge >= 0.3 is 0 Å². The maximum Gasteiger partial charge on any atom is 0.155 e. The second kappa shape index (κ2) is 4.93. The highest BCUT2D eigenvalue weighted by atomic mass is 32.1. The summed E-state index contributed by atoms with van der Waals surface area (Å²) in [6.45, 7) is 3.57. The molecule has 1 saturated heterocycles. The normalized spacial score (nSPS) is 24.3. The predicted molar refractivity (Wildman–Crippen MR) is 70.0 cm³/mol. The highest BCUT2D eigenvalue weighted by Gasteiger charge is 2.28. The zero-order valence-electron chi connectivity index (χ0n) is 9.77. The van der Waals surface area contributed by atoms with Gasteiger partial charge in [0.1, 0.15) is 10.7 Å². The van der Waals surface area contributed by atoms with Gasteiger partial charge in [0.15, 0.2) is 5.82 Å². The van der Waals surface area contributed by atoms with Crippen molar-refractivity contribution in [2.24, 2.45) is 5.73 Å². The van der Waals surface area contributed by atoms with Crippen LogP contribution in [0.2, 0.25) is 0 Å². The van der Waals surface area contributed by atoms with Crippen molar-refractivity contribution in [3.63, 3.8) is 0 Å². The molecule has 2 heterocycles. The number of nitrogens with one attached hydrogen (secondary N) is 1. The van der Waals surface area contributed by atoms with E-state index in [1.165, 1.54) is 0 Å². The molecule has 1 fully saturated rings. The first-order valence-corrected chi connectivity index (χ1v) is 5.98. The Morgan fingerprint density at radius 1 is 1.53 bits per heavy atom. The van der Waals surface area contributed by atoms with Crippen LogP contribution in [0.25, 0.3) is 0 Å². The Balaban J connectivity index is 2.20. The second-order valence-electron chi connectivity index (χ2n) is 4.46. The molecule has 0 aromatic carbocycles. The van der Waals surface area contributed by atoms with E-state index in [0.29, 0.717) is 18.1 Å². The van der Waals surface area contributed by atoms with Crippen LogP contribution in [-0.2, 0) is 4.74 Å². The minimum atomic E-state index is -0.131. The van der Waals surface area contributed by atoms with Gasteiger partial charge in [-0.15, -0.1) is 0 Å². The first-order valence-electron chi connectivity index (χ1n) is 5.57. The van der Waals surface area contributed by atoms with Crippen molar-refractivity contribution in [2.45, 2.75) is 25.3 Å². The average molecular weight is 252 g/mol. The minimum absolute atomic E-state index is 0.131. The van der Waals surface area contributed by atoms with Crippen LogP contribution in [0.15, 0.2) is 12.4 Å². The quantitative estimate of drug-likeness (QED) is 0.785. The molecular formula is C11H16N4OS. The lowest BCUT2D eigenvalue weighted by atomic mass is 9.95. The summed E-state index contributed by atoms with van der Waals surface area (Å²) >= 11 is 4.96. The van der Waals surface area contributed by atoms with Gasteiger partial charge in [-0.3, -0.25) is 0 Å². The van der Waals surface area contributed by atoms with Crippen molar-refractivity contribution in [2.75, 3.05) is 18.5 Å². The molecule has 92 valence electrons. The average Bonchev–Trinajstić information content (AvgIpc) is 2.29. The zero-order chi connectivity index (χ0) is 12.3. The monoisotopic (exact) mass is 252 g/mol. The van der Waals surface area contributed by atoms with E-state index in [-0.39, 0.29) is 10.5 Å². The fourth-order valence-electron chi connectivity index (χ4n) is 1.93. The molecule has 0 radical (unpaired) electrons. The predicted octanol–water partition coefficient (Wildman–Crippen LogP) is 1.09. The summed E-state index contributed by atoms with van der Waals surface area (Å²) in [6.07, 6.45) is 5.27. The first kappa shape index (κ1) is 12.2. The molecule has 1 aromatic heterocycles. The standard InChI is InChI=1S/C11H16N4OS/c1-11(3-2-6-16-7-11)15-10-8(9(12)17)13-4-5-14-10/h4-5H,2-3,6-7H2,1H3,(H2,12,17)(H,14,15). The lowest BCUT2D eigenvalue weighted by Gasteiger charge is -2.35. The topological polar surface area (TPSA) is 73.1 Å². The summed E-state index contributed by atoms with van der Waals surface area (Å²) < 4.78 is 5.48. The Labute approximate surface area is 106 Å². The van der Waals surface area contributed by atoms with Gasteiger partial charge in [0.2, 0.25) is 0 Å². The molecule has 0 aliphatic carbocycles. The van der Waals surface area contributed by atoms with Crippen LogP contribution in [0.4, 0.5) is 5.82 Å². The molecule has 0 spiro atoms. The van der Waals surface area contributed by atoms with Crippen molar-refractivity contribution in [1.29, 1.82) is 0 Å². The SMILES string of the molecule is CC1(Nc2nccnc2C(N)=S)CCCOC1. The Hall–Kier alpha value is -1.27. The molecule has 3 N–H and O–H groups in total. The number of anilines is 1. The number of nitrogens with two attached hydrogens (primary N) is 1. The molecule has 1 aromatic rings. The van der Waals surface area contributed by atoms with E-state index in [1.54, 1.807) is 12.4 Å². The molecule has 0 bridgehead atoms. The number of aromatic nitrogens is 2. The third-order valence-corrected chi connectivity index (χ3v) is 2.98. The van der Waals surface area contributed by atoms with Crippen LogP contribution in [-0.4, -0.2) is 33.7 Å². The smallest absolute Gasteiger partial charge is 0.155 e. The number of hydrogen-bond donors (Lipinski definition) is 2. The maximum atomic E-state index is 5.62. The van der Waals surface area contributed by atoms with Crippen LogP contribution < -0.4 is 11.1 Å². The fourth-order valence-corrected chi connectivity index (χ4v) is 2.08. The maximum absolute atomic E-state index is 5.62. The van der Waals surface area contributed by atoms with Crippen LogP contribution >= 0.6 is 12.2 Å². The third-order valence-electron chi connectivity index (χ3n) is 2.79. The van der Waals surface area contributed by atoms with E-state index < -0.39 is 0 Å². The van der Waals surface area contributed by atoms with E-state index in [4.69, 9.17) is 22.7 Å². The van der Waals surface area contributed by atoms with E-state index in [1.807, 2.05) is 0 Å². The van der Waals surface area contributed by atoms with Gasteiger partial charge in [-0.1, -0.05) is 12.2 Å². The highest BCUT2D eigenvalue weighted by Crippen LogP contribution is 2.24. The molecule has 6 heteroatoms. The lowest BCUT2D eigenvalue weighted by Crippen LogP contribution is -2.43. The summed E-state index contributed by atoms with van der Waals surface area (Å²) in [5.74, 6) is 0.632. The van der Waals surface area contributed by atoms with E-state index in [9.17, 15) is 0 Å². The van der Waals surface area contributed by atoms with Crippen LogP contribution in [0, 0.1) is 0 Å². The van der Waals surface area contributed by atoms with E-state index in [2.05, 4.69) is 22.2 Å². The molecule has 2 rings (SSSR count). The van der Waals surface area contributed by atoms with Gasteiger partial charge in [-0.05, 0) is 19.8 Å². The summed E-state index contributed by atoms with van der Waals surface area (Å²) in [5, 5.41) is 3.34. The number of ether oxygens (including phenoxy) is 1. The summed E-state index contributed by atoms with van der Waals surface area (Å²) in [6, 6.07) is 0. The van der Waals surface area contributed by atoms with Crippen LogP contribution in [0.5, 0.6) is 0 Å². The van der Waals surface area contributed by atoms with Gasteiger partial charge in [-0.2, -0.15) is 0 Å².